The summed E-state index contributed by atoms with van der Waals surface area (Å²) in [5.74, 6) is 1.80. The molecule has 3 amide bonds. The van der Waals surface area contributed by atoms with Gasteiger partial charge in [-0.15, -0.1) is 0 Å². The number of amides is 3. The number of piperidine rings is 1. The summed E-state index contributed by atoms with van der Waals surface area (Å²) in [6, 6.07) is 4.57. The van der Waals surface area contributed by atoms with E-state index < -0.39 is 11.9 Å². The number of hydrogen-bond donors (Lipinski definition) is 3. The molecule has 192 valence electrons. The maximum atomic E-state index is 13.1. The highest BCUT2D eigenvalue weighted by Gasteiger charge is 2.50. The Balaban J connectivity index is 1.11. The first-order valence-electron chi connectivity index (χ1n) is 13.4. The van der Waals surface area contributed by atoms with E-state index in [4.69, 9.17) is 0 Å². The fourth-order valence-electron chi connectivity index (χ4n) is 7.91. The van der Waals surface area contributed by atoms with E-state index in [0.29, 0.717) is 28.7 Å². The Bertz CT molecular complexity index is 1260. The molecule has 2 heterocycles. The second-order valence-corrected chi connectivity index (χ2v) is 11.6. The lowest BCUT2D eigenvalue weighted by Crippen LogP contribution is -2.58. The minimum absolute atomic E-state index is 0.0870. The zero-order valence-corrected chi connectivity index (χ0v) is 20.8. The van der Waals surface area contributed by atoms with Crippen molar-refractivity contribution in [2.24, 2.45) is 24.8 Å². The van der Waals surface area contributed by atoms with Gasteiger partial charge >= 0.3 is 5.69 Å². The molecule has 1 aromatic heterocycles. The van der Waals surface area contributed by atoms with Gasteiger partial charge in [0.2, 0.25) is 17.7 Å². The Kier molecular flexibility index (Phi) is 5.78. The van der Waals surface area contributed by atoms with Crippen LogP contribution in [0, 0.1) is 17.8 Å². The SMILES string of the molecule is Cn1c(=O)n(C2CCC(=O)NC2=O)c2cccc(NC(=O)CCCNC34CC5CC(CC(C5)C3)C4)c21. The average molecular weight is 494 g/mol. The Morgan fingerprint density at radius 1 is 1.08 bits per heavy atom. The van der Waals surface area contributed by atoms with Crippen LogP contribution < -0.4 is 21.6 Å². The highest BCUT2D eigenvalue weighted by atomic mass is 16.2. The molecule has 3 N–H and O–H groups in total. The molecule has 7 rings (SSSR count). The summed E-state index contributed by atoms with van der Waals surface area (Å²) in [7, 11) is 1.64. The number of benzene rings is 1. The van der Waals surface area contributed by atoms with E-state index in [2.05, 4.69) is 16.0 Å². The first-order valence-corrected chi connectivity index (χ1v) is 13.4. The molecule has 1 aliphatic heterocycles. The number of nitrogens with one attached hydrogen (secondary N) is 3. The van der Waals surface area contributed by atoms with Crippen molar-refractivity contribution in [3.05, 3.63) is 28.7 Å². The van der Waals surface area contributed by atoms with Crippen molar-refractivity contribution in [1.29, 1.82) is 0 Å². The quantitative estimate of drug-likeness (QED) is 0.405. The van der Waals surface area contributed by atoms with Gasteiger partial charge in [-0.1, -0.05) is 6.07 Å². The number of para-hydroxylation sites is 1. The Morgan fingerprint density at radius 3 is 2.44 bits per heavy atom. The summed E-state index contributed by atoms with van der Waals surface area (Å²) in [5.41, 5.74) is 1.65. The molecule has 1 unspecified atom stereocenters. The molecule has 1 saturated heterocycles. The van der Waals surface area contributed by atoms with Crippen LogP contribution in [-0.2, 0) is 21.4 Å². The Hall–Kier alpha value is -2.94. The maximum absolute atomic E-state index is 13.1. The van der Waals surface area contributed by atoms with Gasteiger partial charge in [0, 0.05) is 25.4 Å². The van der Waals surface area contributed by atoms with E-state index in [1.807, 2.05) is 0 Å². The Labute approximate surface area is 210 Å². The van der Waals surface area contributed by atoms with Crippen LogP contribution >= 0.6 is 0 Å². The topological polar surface area (TPSA) is 114 Å². The van der Waals surface area contributed by atoms with Crippen LogP contribution in [0.2, 0.25) is 0 Å². The molecule has 2 aromatic rings. The van der Waals surface area contributed by atoms with E-state index >= 15 is 0 Å². The largest absolute Gasteiger partial charge is 0.329 e. The molecule has 36 heavy (non-hydrogen) atoms. The number of aryl methyl sites for hydroxylation is 1. The van der Waals surface area contributed by atoms with E-state index in [9.17, 15) is 19.2 Å². The summed E-state index contributed by atoms with van der Waals surface area (Å²) >= 11 is 0. The van der Waals surface area contributed by atoms with Gasteiger partial charge < -0.3 is 10.6 Å². The number of imide groups is 1. The number of hydrogen-bond acceptors (Lipinski definition) is 5. The average Bonchev–Trinajstić information content (AvgIpc) is 3.07. The summed E-state index contributed by atoms with van der Waals surface area (Å²) in [4.78, 5) is 49.9. The van der Waals surface area contributed by atoms with Crippen molar-refractivity contribution in [2.45, 2.75) is 75.8 Å². The third kappa shape index (κ3) is 4.07. The van der Waals surface area contributed by atoms with Crippen LogP contribution in [0.25, 0.3) is 11.0 Å². The van der Waals surface area contributed by atoms with Gasteiger partial charge in [-0.25, -0.2) is 4.79 Å². The number of rotatable bonds is 7. The molecule has 0 spiro atoms. The monoisotopic (exact) mass is 493 g/mol. The van der Waals surface area contributed by atoms with Gasteiger partial charge in [0.1, 0.15) is 6.04 Å². The third-order valence-electron chi connectivity index (χ3n) is 9.02. The second kappa shape index (κ2) is 8.87. The number of aromatic nitrogens is 2. The molecule has 4 bridgehead atoms. The first-order chi connectivity index (χ1) is 17.3. The fraction of sp³-hybridized carbons (Fsp3) is 0.630. The lowest BCUT2D eigenvalue weighted by molar-refractivity contribution is -0.135. The van der Waals surface area contributed by atoms with Crippen LogP contribution in [0.15, 0.2) is 23.0 Å². The molecule has 5 aliphatic rings. The number of carbonyl (C=O) groups excluding carboxylic acids is 3. The number of carbonyl (C=O) groups is 3. The van der Waals surface area contributed by atoms with Crippen LogP contribution in [-0.4, -0.2) is 38.9 Å². The number of anilines is 1. The summed E-state index contributed by atoms with van der Waals surface area (Å²) in [5, 5.41) is 9.16. The molecule has 4 saturated carbocycles. The normalized spacial score (nSPS) is 31.1. The second-order valence-electron chi connectivity index (χ2n) is 11.6. The van der Waals surface area contributed by atoms with Crippen LogP contribution in [0.4, 0.5) is 5.69 Å². The molecular weight excluding hydrogens is 458 g/mol. The summed E-state index contributed by atoms with van der Waals surface area (Å²) in [6.45, 7) is 0.841. The molecule has 0 radical (unpaired) electrons. The van der Waals surface area contributed by atoms with E-state index in [-0.39, 0.29) is 30.3 Å². The van der Waals surface area contributed by atoms with Gasteiger partial charge in [0.25, 0.3) is 0 Å². The first kappa shape index (κ1) is 23.5. The van der Waals surface area contributed by atoms with Crippen molar-refractivity contribution < 1.29 is 14.4 Å². The standard InChI is InChI=1S/C27H35N5O4/c1-31-24-19(4-2-5-20(24)32(26(31)36)21-7-8-23(34)30-25(21)35)29-22(33)6-3-9-28-27-13-16-10-17(14-27)12-18(11-16)15-27/h2,4-5,16-18,21,28H,3,6-15H2,1H3,(H,29,33)(H,30,34,35). The van der Waals surface area contributed by atoms with E-state index in [1.54, 1.807) is 25.2 Å². The number of imidazole rings is 1. The van der Waals surface area contributed by atoms with E-state index in [0.717, 1.165) is 30.7 Å². The van der Waals surface area contributed by atoms with Gasteiger partial charge in [0.05, 0.1) is 16.7 Å². The maximum Gasteiger partial charge on any atom is 0.329 e. The third-order valence-corrected chi connectivity index (χ3v) is 9.02. The number of fused-ring (bicyclic) bond motifs is 1. The van der Waals surface area contributed by atoms with E-state index in [1.165, 1.54) is 47.7 Å². The molecule has 4 aliphatic carbocycles. The fourth-order valence-corrected chi connectivity index (χ4v) is 7.91. The molecule has 1 atom stereocenters. The number of nitrogens with zero attached hydrogens (tertiary/aromatic N) is 2. The predicted octanol–water partition coefficient (Wildman–Crippen LogP) is 2.59. The van der Waals surface area contributed by atoms with Crippen LogP contribution in [0.5, 0.6) is 0 Å². The summed E-state index contributed by atoms with van der Waals surface area (Å²) in [6.07, 6.45) is 9.78. The van der Waals surface area contributed by atoms with Gasteiger partial charge in [-0.2, -0.15) is 0 Å². The lowest BCUT2D eigenvalue weighted by Gasteiger charge is -2.57. The predicted molar refractivity (Wildman–Crippen MR) is 135 cm³/mol. The zero-order chi connectivity index (χ0) is 25.0. The molecule has 9 nitrogen and oxygen atoms in total. The minimum Gasteiger partial charge on any atom is -0.324 e. The van der Waals surface area contributed by atoms with Crippen LogP contribution in [0.1, 0.15) is 70.3 Å². The Morgan fingerprint density at radius 2 is 1.78 bits per heavy atom. The highest BCUT2D eigenvalue weighted by molar-refractivity contribution is 6.02. The van der Waals surface area contributed by atoms with Crippen molar-refractivity contribution >= 4 is 34.4 Å². The van der Waals surface area contributed by atoms with Crippen molar-refractivity contribution in [3.63, 3.8) is 0 Å². The summed E-state index contributed by atoms with van der Waals surface area (Å²) < 4.78 is 2.89. The molecule has 1 aromatic carbocycles. The van der Waals surface area contributed by atoms with Gasteiger partial charge in [-0.3, -0.25) is 28.8 Å². The molecular formula is C27H35N5O4. The minimum atomic E-state index is -0.750. The smallest absolute Gasteiger partial charge is 0.324 e. The van der Waals surface area contributed by atoms with Crippen molar-refractivity contribution in [1.82, 2.24) is 19.8 Å². The molecule has 9 heteroatoms. The van der Waals surface area contributed by atoms with Crippen molar-refractivity contribution in [3.8, 4) is 0 Å². The molecule has 5 fully saturated rings. The zero-order valence-electron chi connectivity index (χ0n) is 20.8. The lowest BCUT2D eigenvalue weighted by atomic mass is 9.53. The van der Waals surface area contributed by atoms with Gasteiger partial charge in [0.15, 0.2) is 0 Å². The van der Waals surface area contributed by atoms with Crippen molar-refractivity contribution in [2.75, 3.05) is 11.9 Å². The highest BCUT2D eigenvalue weighted by Crippen LogP contribution is 2.55. The van der Waals surface area contributed by atoms with Gasteiger partial charge in [-0.05, 0) is 87.8 Å². The van der Waals surface area contributed by atoms with Crippen LogP contribution in [0.3, 0.4) is 0 Å².